The lowest BCUT2D eigenvalue weighted by Crippen LogP contribution is -2.17. The highest BCUT2D eigenvalue weighted by atomic mass is 35.5. The Morgan fingerprint density at radius 3 is 2.61 bits per heavy atom. The molecule has 1 aromatic heterocycles. The Kier molecular flexibility index (Phi) is 3.76. The van der Waals surface area contributed by atoms with Crippen LogP contribution < -0.4 is 16.6 Å². The van der Waals surface area contributed by atoms with Gasteiger partial charge in [-0.1, -0.05) is 11.6 Å². The van der Waals surface area contributed by atoms with Crippen molar-refractivity contribution < 1.29 is 4.79 Å². The Balaban J connectivity index is 2.26. The maximum atomic E-state index is 12.1. The summed E-state index contributed by atoms with van der Waals surface area (Å²) >= 11 is 5.86. The van der Waals surface area contributed by atoms with E-state index in [0.717, 1.165) is 0 Å². The molecule has 0 bridgehead atoms. The van der Waals surface area contributed by atoms with Crippen LogP contribution in [0.15, 0.2) is 42.7 Å². The molecule has 5 nitrogen and oxygen atoms in total. The topological polar surface area (TPSA) is 80.0 Å². The molecule has 2 aromatic rings. The minimum Gasteiger partial charge on any atom is -0.323 e. The third kappa shape index (κ3) is 2.77. The Bertz CT molecular complexity index is 559. The molecule has 18 heavy (non-hydrogen) atoms. The van der Waals surface area contributed by atoms with Gasteiger partial charge in [-0.3, -0.25) is 15.6 Å². The average Bonchev–Trinajstić information content (AvgIpc) is 2.40. The van der Waals surface area contributed by atoms with Gasteiger partial charge in [-0.05, 0) is 30.3 Å². The Morgan fingerprint density at radius 1 is 1.22 bits per heavy atom. The van der Waals surface area contributed by atoms with Gasteiger partial charge in [0.25, 0.3) is 5.91 Å². The molecule has 0 aliphatic carbocycles. The summed E-state index contributed by atoms with van der Waals surface area (Å²) in [7, 11) is 0. The van der Waals surface area contributed by atoms with Crippen LogP contribution in [0.3, 0.4) is 0 Å². The predicted molar refractivity (Wildman–Crippen MR) is 71.5 cm³/mol. The number of carbonyl (C=O) groups is 1. The van der Waals surface area contributed by atoms with E-state index >= 15 is 0 Å². The lowest BCUT2D eigenvalue weighted by atomic mass is 10.1. The van der Waals surface area contributed by atoms with E-state index in [1.807, 2.05) is 0 Å². The van der Waals surface area contributed by atoms with Gasteiger partial charge in [-0.2, -0.15) is 0 Å². The molecule has 0 aliphatic rings. The fourth-order valence-electron chi connectivity index (χ4n) is 1.46. The van der Waals surface area contributed by atoms with Gasteiger partial charge >= 0.3 is 0 Å². The lowest BCUT2D eigenvalue weighted by Gasteiger charge is -2.09. The summed E-state index contributed by atoms with van der Waals surface area (Å²) in [5.41, 5.74) is 3.99. The number of benzene rings is 1. The third-order valence-corrected chi connectivity index (χ3v) is 2.56. The SMILES string of the molecule is NNc1ccc(Cl)cc1C(=O)Nc1ccncc1. The summed E-state index contributed by atoms with van der Waals surface area (Å²) in [4.78, 5) is 15.9. The molecule has 1 amide bonds. The number of pyridine rings is 1. The summed E-state index contributed by atoms with van der Waals surface area (Å²) in [6, 6.07) is 8.23. The van der Waals surface area contributed by atoms with Crippen molar-refractivity contribution in [3.63, 3.8) is 0 Å². The number of nitrogens with two attached hydrogens (primary N) is 1. The molecule has 0 fully saturated rings. The van der Waals surface area contributed by atoms with Crippen molar-refractivity contribution in [3.05, 3.63) is 53.3 Å². The van der Waals surface area contributed by atoms with E-state index in [2.05, 4.69) is 15.7 Å². The minimum absolute atomic E-state index is 0.295. The van der Waals surface area contributed by atoms with Crippen LogP contribution in [0, 0.1) is 0 Å². The number of anilines is 2. The van der Waals surface area contributed by atoms with E-state index in [0.29, 0.717) is 22.0 Å². The van der Waals surface area contributed by atoms with Crippen LogP contribution >= 0.6 is 11.6 Å². The van der Waals surface area contributed by atoms with Crippen LogP contribution in [0.5, 0.6) is 0 Å². The molecule has 0 aliphatic heterocycles. The van der Waals surface area contributed by atoms with Gasteiger partial charge in [-0.15, -0.1) is 0 Å². The van der Waals surface area contributed by atoms with Crippen molar-refractivity contribution in [2.75, 3.05) is 10.7 Å². The van der Waals surface area contributed by atoms with Gasteiger partial charge in [0.05, 0.1) is 11.3 Å². The maximum Gasteiger partial charge on any atom is 0.257 e. The van der Waals surface area contributed by atoms with E-state index in [9.17, 15) is 4.79 Å². The van der Waals surface area contributed by atoms with Crippen LogP contribution in [0.1, 0.15) is 10.4 Å². The van der Waals surface area contributed by atoms with Crippen LogP contribution in [0.4, 0.5) is 11.4 Å². The number of aromatic nitrogens is 1. The predicted octanol–water partition coefficient (Wildman–Crippen LogP) is 2.27. The van der Waals surface area contributed by atoms with Crippen molar-refractivity contribution in [3.8, 4) is 0 Å². The zero-order valence-electron chi connectivity index (χ0n) is 9.35. The van der Waals surface area contributed by atoms with Gasteiger partial charge in [0.1, 0.15) is 0 Å². The molecule has 0 saturated carbocycles. The van der Waals surface area contributed by atoms with E-state index in [1.165, 1.54) is 0 Å². The molecule has 0 atom stereocenters. The maximum absolute atomic E-state index is 12.1. The second kappa shape index (κ2) is 5.48. The number of nitrogens with zero attached hydrogens (tertiary/aromatic N) is 1. The zero-order chi connectivity index (χ0) is 13.0. The van der Waals surface area contributed by atoms with Crippen molar-refractivity contribution >= 4 is 28.9 Å². The Morgan fingerprint density at radius 2 is 1.94 bits per heavy atom. The molecule has 0 spiro atoms. The molecular formula is C12H11ClN4O. The normalized spacial score (nSPS) is 9.89. The first-order valence-electron chi connectivity index (χ1n) is 5.18. The number of halogens is 1. The third-order valence-electron chi connectivity index (χ3n) is 2.32. The molecule has 0 radical (unpaired) electrons. The fourth-order valence-corrected chi connectivity index (χ4v) is 1.64. The van der Waals surface area contributed by atoms with E-state index in [4.69, 9.17) is 17.4 Å². The number of hydrogen-bond donors (Lipinski definition) is 3. The van der Waals surface area contributed by atoms with Gasteiger partial charge < -0.3 is 10.7 Å². The quantitative estimate of drug-likeness (QED) is 0.586. The number of nitrogen functional groups attached to an aromatic ring is 1. The summed E-state index contributed by atoms with van der Waals surface area (Å²) in [5, 5.41) is 3.19. The second-order valence-electron chi connectivity index (χ2n) is 3.52. The lowest BCUT2D eigenvalue weighted by molar-refractivity contribution is 0.102. The van der Waals surface area contributed by atoms with Gasteiger partial charge in [0.15, 0.2) is 0 Å². The molecule has 0 saturated heterocycles. The smallest absolute Gasteiger partial charge is 0.257 e. The van der Waals surface area contributed by atoms with Gasteiger partial charge in [-0.25, -0.2) is 0 Å². The van der Waals surface area contributed by atoms with Crippen LogP contribution in [0.2, 0.25) is 5.02 Å². The largest absolute Gasteiger partial charge is 0.323 e. The first-order chi connectivity index (χ1) is 8.70. The highest BCUT2D eigenvalue weighted by Gasteiger charge is 2.11. The molecule has 1 aromatic carbocycles. The average molecular weight is 263 g/mol. The summed E-state index contributed by atoms with van der Waals surface area (Å²) in [6.45, 7) is 0. The van der Waals surface area contributed by atoms with E-state index in [1.54, 1.807) is 42.7 Å². The van der Waals surface area contributed by atoms with E-state index < -0.39 is 0 Å². The monoisotopic (exact) mass is 262 g/mol. The van der Waals surface area contributed by atoms with Crippen LogP contribution in [0.25, 0.3) is 0 Å². The van der Waals surface area contributed by atoms with Crippen LogP contribution in [-0.4, -0.2) is 10.9 Å². The van der Waals surface area contributed by atoms with Crippen LogP contribution in [-0.2, 0) is 0 Å². The molecule has 4 N–H and O–H groups in total. The number of hydrogen-bond acceptors (Lipinski definition) is 4. The number of rotatable bonds is 3. The summed E-state index contributed by atoms with van der Waals surface area (Å²) in [6.07, 6.45) is 3.19. The summed E-state index contributed by atoms with van der Waals surface area (Å²) in [5.74, 6) is 5.05. The Labute approximate surface area is 109 Å². The number of carbonyl (C=O) groups excluding carboxylic acids is 1. The van der Waals surface area contributed by atoms with Gasteiger partial charge in [0.2, 0.25) is 0 Å². The fraction of sp³-hybridized carbons (Fsp3) is 0. The first kappa shape index (κ1) is 12.3. The number of nitrogens with one attached hydrogen (secondary N) is 2. The number of hydrazine groups is 1. The molecule has 1 heterocycles. The summed E-state index contributed by atoms with van der Waals surface area (Å²) < 4.78 is 0. The van der Waals surface area contributed by atoms with E-state index in [-0.39, 0.29) is 5.91 Å². The first-order valence-corrected chi connectivity index (χ1v) is 5.56. The van der Waals surface area contributed by atoms with Gasteiger partial charge in [0, 0.05) is 23.1 Å². The standard InChI is InChI=1S/C12H11ClN4O/c13-8-1-2-11(17-14)10(7-8)12(18)16-9-3-5-15-6-4-9/h1-7,17H,14H2,(H,15,16,18). The molecular weight excluding hydrogens is 252 g/mol. The Hall–Kier alpha value is -2.11. The van der Waals surface area contributed by atoms with Crippen molar-refractivity contribution in [2.45, 2.75) is 0 Å². The highest BCUT2D eigenvalue weighted by Crippen LogP contribution is 2.21. The highest BCUT2D eigenvalue weighted by molar-refractivity contribution is 6.31. The van der Waals surface area contributed by atoms with Crippen molar-refractivity contribution in [2.24, 2.45) is 5.84 Å². The van der Waals surface area contributed by atoms with Crippen molar-refractivity contribution in [1.29, 1.82) is 0 Å². The minimum atomic E-state index is -0.295. The molecule has 92 valence electrons. The van der Waals surface area contributed by atoms with Crippen molar-refractivity contribution in [1.82, 2.24) is 4.98 Å². The second-order valence-corrected chi connectivity index (χ2v) is 3.96. The zero-order valence-corrected chi connectivity index (χ0v) is 10.1. The molecule has 6 heteroatoms. The molecule has 0 unspecified atom stereocenters. The number of amides is 1. The molecule has 2 rings (SSSR count).